The number of sulfonamides is 1. The summed E-state index contributed by atoms with van der Waals surface area (Å²) in [6.07, 6.45) is 9.30. The number of benzene rings is 1. The van der Waals surface area contributed by atoms with Crippen molar-refractivity contribution in [1.29, 1.82) is 0 Å². The number of hydrogen-bond donors (Lipinski definition) is 1. The van der Waals surface area contributed by atoms with Crippen molar-refractivity contribution in [2.75, 3.05) is 30.5 Å². The minimum Gasteiger partial charge on any atom is -0.351 e. The van der Waals surface area contributed by atoms with Gasteiger partial charge in [0.25, 0.3) is 0 Å². The largest absolute Gasteiger partial charge is 0.351 e. The Morgan fingerprint density at radius 2 is 1.87 bits per heavy atom. The van der Waals surface area contributed by atoms with Crippen LogP contribution in [0.1, 0.15) is 45.4 Å². The zero-order valence-electron chi connectivity index (χ0n) is 17.9. The molecule has 2 amide bonds. The van der Waals surface area contributed by atoms with Gasteiger partial charge in [0.05, 0.1) is 12.8 Å². The number of hydrogen-bond acceptors (Lipinski definition) is 5. The number of rotatable bonds is 5. The van der Waals surface area contributed by atoms with Gasteiger partial charge in [-0.25, -0.2) is 8.42 Å². The van der Waals surface area contributed by atoms with Crippen LogP contribution in [0.4, 0.5) is 5.69 Å². The van der Waals surface area contributed by atoms with Gasteiger partial charge in [-0.15, -0.1) is 11.8 Å². The second kappa shape index (κ2) is 9.28. The van der Waals surface area contributed by atoms with Crippen LogP contribution >= 0.6 is 11.8 Å². The maximum absolute atomic E-state index is 13.5. The predicted molar refractivity (Wildman–Crippen MR) is 120 cm³/mol. The highest BCUT2D eigenvalue weighted by Gasteiger charge is 2.50. The molecule has 1 aliphatic carbocycles. The van der Waals surface area contributed by atoms with Gasteiger partial charge in [0.2, 0.25) is 21.8 Å². The summed E-state index contributed by atoms with van der Waals surface area (Å²) >= 11 is 1.55. The van der Waals surface area contributed by atoms with E-state index in [4.69, 9.17) is 0 Å². The maximum atomic E-state index is 13.5. The molecular weight excluding hydrogens is 422 g/mol. The normalized spacial score (nSPS) is 24.5. The maximum Gasteiger partial charge on any atom is 0.247 e. The average molecular weight is 454 g/mol. The van der Waals surface area contributed by atoms with Gasteiger partial charge in [-0.1, -0.05) is 31.7 Å². The van der Waals surface area contributed by atoms with Crippen LogP contribution in [0.3, 0.4) is 0 Å². The Morgan fingerprint density at radius 1 is 1.20 bits per heavy atom. The van der Waals surface area contributed by atoms with Gasteiger partial charge in [0.15, 0.2) is 0 Å². The van der Waals surface area contributed by atoms with E-state index in [9.17, 15) is 18.0 Å². The first-order valence-corrected chi connectivity index (χ1v) is 13.5. The first kappa shape index (κ1) is 23.1. The molecular formula is C21H31N3O4S2. The van der Waals surface area contributed by atoms with Crippen molar-refractivity contribution in [1.82, 2.24) is 9.62 Å². The van der Waals surface area contributed by atoms with Crippen LogP contribution in [0.5, 0.6) is 0 Å². The van der Waals surface area contributed by atoms with E-state index in [0.717, 1.165) is 54.0 Å². The molecule has 1 N–H and O–H groups in total. The SMILES string of the molecule is CSc1cccc(N2C(=O)CN(S(C)(=O)=O)CC2(C)C(=O)NC2CCCCCC2)c1. The third kappa shape index (κ3) is 5.00. The second-order valence-electron chi connectivity index (χ2n) is 8.40. The highest BCUT2D eigenvalue weighted by Crippen LogP contribution is 2.33. The van der Waals surface area contributed by atoms with Gasteiger partial charge in [0, 0.05) is 23.2 Å². The van der Waals surface area contributed by atoms with Gasteiger partial charge in [-0.05, 0) is 44.2 Å². The zero-order chi connectivity index (χ0) is 21.9. The molecule has 2 aliphatic rings. The standard InChI is InChI=1S/C21H31N3O4S2/c1-21(20(26)22-16-9-6-4-5-7-10-16)15-23(30(3,27)28)14-19(25)24(21)17-11-8-12-18(13-17)29-2/h8,11-13,16H,4-7,9-10,14-15H2,1-3H3,(H,22,26). The van der Waals surface area contributed by atoms with Crippen molar-refractivity contribution in [2.45, 2.75) is 61.9 Å². The van der Waals surface area contributed by atoms with Crippen molar-refractivity contribution < 1.29 is 18.0 Å². The molecule has 30 heavy (non-hydrogen) atoms. The average Bonchev–Trinajstić information content (AvgIpc) is 2.95. The molecule has 0 spiro atoms. The molecule has 1 aliphatic heterocycles. The minimum atomic E-state index is -3.62. The summed E-state index contributed by atoms with van der Waals surface area (Å²) in [4.78, 5) is 29.1. The topological polar surface area (TPSA) is 86.8 Å². The summed E-state index contributed by atoms with van der Waals surface area (Å²) in [6, 6.07) is 7.51. The Kier molecular flexibility index (Phi) is 7.14. The van der Waals surface area contributed by atoms with Crippen LogP contribution in [0.15, 0.2) is 29.2 Å². The number of carbonyl (C=O) groups excluding carboxylic acids is 2. The van der Waals surface area contributed by atoms with Crippen LogP contribution < -0.4 is 10.2 Å². The summed E-state index contributed by atoms with van der Waals surface area (Å²) in [7, 11) is -3.62. The van der Waals surface area contributed by atoms with Crippen molar-refractivity contribution in [2.24, 2.45) is 0 Å². The Hall–Kier alpha value is -1.58. The van der Waals surface area contributed by atoms with E-state index >= 15 is 0 Å². The molecule has 1 unspecified atom stereocenters. The first-order valence-electron chi connectivity index (χ1n) is 10.4. The summed E-state index contributed by atoms with van der Waals surface area (Å²) in [5, 5.41) is 3.13. The van der Waals surface area contributed by atoms with E-state index in [1.165, 1.54) is 4.90 Å². The number of nitrogens with zero attached hydrogens (tertiary/aromatic N) is 2. The molecule has 2 fully saturated rings. The van der Waals surface area contributed by atoms with Crippen LogP contribution in [-0.4, -0.2) is 61.7 Å². The Morgan fingerprint density at radius 3 is 2.47 bits per heavy atom. The van der Waals surface area contributed by atoms with Crippen molar-refractivity contribution in [3.05, 3.63) is 24.3 Å². The third-order valence-corrected chi connectivity index (χ3v) is 7.92. The summed E-state index contributed by atoms with van der Waals surface area (Å²) in [6.45, 7) is 1.33. The Bertz CT molecular complexity index is 897. The number of carbonyl (C=O) groups is 2. The highest BCUT2D eigenvalue weighted by atomic mass is 32.2. The molecule has 3 rings (SSSR count). The summed E-state index contributed by atoms with van der Waals surface area (Å²) in [5.41, 5.74) is -0.722. The molecule has 1 aromatic rings. The molecule has 0 radical (unpaired) electrons. The van der Waals surface area contributed by atoms with Crippen molar-refractivity contribution in [3.63, 3.8) is 0 Å². The molecule has 0 aromatic heterocycles. The monoisotopic (exact) mass is 453 g/mol. The van der Waals surface area contributed by atoms with Gasteiger partial charge in [-0.2, -0.15) is 4.31 Å². The number of nitrogens with one attached hydrogen (secondary N) is 1. The second-order valence-corrected chi connectivity index (χ2v) is 11.3. The molecule has 7 nitrogen and oxygen atoms in total. The lowest BCUT2D eigenvalue weighted by atomic mass is 9.93. The fourth-order valence-electron chi connectivity index (χ4n) is 4.32. The first-order chi connectivity index (χ1) is 14.1. The lowest BCUT2D eigenvalue weighted by Crippen LogP contribution is -2.70. The van der Waals surface area contributed by atoms with E-state index in [1.807, 2.05) is 24.5 Å². The minimum absolute atomic E-state index is 0.0555. The molecule has 1 atom stereocenters. The number of thioether (sulfide) groups is 1. The molecule has 1 saturated carbocycles. The van der Waals surface area contributed by atoms with Crippen LogP contribution in [-0.2, 0) is 19.6 Å². The third-order valence-electron chi connectivity index (χ3n) is 6.00. The van der Waals surface area contributed by atoms with Gasteiger partial charge >= 0.3 is 0 Å². The number of amides is 2. The molecule has 1 saturated heterocycles. The van der Waals surface area contributed by atoms with Gasteiger partial charge in [0.1, 0.15) is 5.54 Å². The van der Waals surface area contributed by atoms with Gasteiger partial charge in [-0.3, -0.25) is 14.5 Å². The quantitative estimate of drug-likeness (QED) is 0.547. The van der Waals surface area contributed by atoms with Crippen molar-refractivity contribution >= 4 is 39.3 Å². The predicted octanol–water partition coefficient (Wildman–Crippen LogP) is 2.61. The summed E-state index contributed by atoms with van der Waals surface area (Å²) < 4.78 is 25.6. The van der Waals surface area contributed by atoms with Crippen LogP contribution in [0.25, 0.3) is 0 Å². The fourth-order valence-corrected chi connectivity index (χ4v) is 5.60. The van der Waals surface area contributed by atoms with E-state index in [-0.39, 0.29) is 25.0 Å². The molecule has 9 heteroatoms. The Labute approximate surface area is 183 Å². The lowest BCUT2D eigenvalue weighted by Gasteiger charge is -2.47. The van der Waals surface area contributed by atoms with E-state index < -0.39 is 21.5 Å². The lowest BCUT2D eigenvalue weighted by molar-refractivity contribution is -0.133. The molecule has 1 heterocycles. The Balaban J connectivity index is 1.97. The van der Waals surface area contributed by atoms with E-state index in [0.29, 0.717) is 5.69 Å². The van der Waals surface area contributed by atoms with Crippen LogP contribution in [0, 0.1) is 0 Å². The zero-order valence-corrected chi connectivity index (χ0v) is 19.5. The summed E-state index contributed by atoms with van der Waals surface area (Å²) in [5.74, 6) is -0.700. The van der Waals surface area contributed by atoms with Crippen molar-refractivity contribution in [3.8, 4) is 0 Å². The smallest absolute Gasteiger partial charge is 0.247 e. The molecule has 166 valence electrons. The van der Waals surface area contributed by atoms with E-state index in [1.54, 1.807) is 24.8 Å². The fraction of sp³-hybridized carbons (Fsp3) is 0.619. The molecule has 0 bridgehead atoms. The van der Waals surface area contributed by atoms with Gasteiger partial charge < -0.3 is 5.32 Å². The van der Waals surface area contributed by atoms with Crippen LogP contribution in [0.2, 0.25) is 0 Å². The number of anilines is 1. The van der Waals surface area contributed by atoms with E-state index in [2.05, 4.69) is 5.32 Å². The highest BCUT2D eigenvalue weighted by molar-refractivity contribution is 7.98. The molecule has 1 aromatic carbocycles. The number of piperazine rings is 1.